The first kappa shape index (κ1) is 34.1. The molecule has 0 spiro atoms. The summed E-state index contributed by atoms with van der Waals surface area (Å²) in [7, 11) is 0. The van der Waals surface area contributed by atoms with Crippen LogP contribution < -0.4 is 21.8 Å². The Balaban J connectivity index is 1.43. The summed E-state index contributed by atoms with van der Waals surface area (Å²) < 4.78 is 5.42. The number of hydrogen-bond donors (Lipinski definition) is 4. The number of amides is 3. The zero-order valence-corrected chi connectivity index (χ0v) is 26.7. The highest BCUT2D eigenvalue weighted by Crippen LogP contribution is 2.28. The molecule has 3 amide bonds. The van der Waals surface area contributed by atoms with Crippen molar-refractivity contribution in [1.82, 2.24) is 16.1 Å². The molecule has 0 unspecified atom stereocenters. The van der Waals surface area contributed by atoms with Crippen molar-refractivity contribution in [2.45, 2.75) is 83.7 Å². The van der Waals surface area contributed by atoms with Crippen molar-refractivity contribution in [1.29, 1.82) is 0 Å². The number of benzene rings is 2. The lowest BCUT2D eigenvalue weighted by Crippen LogP contribution is -2.41. The van der Waals surface area contributed by atoms with E-state index in [1.54, 1.807) is 32.5 Å². The molecule has 2 aromatic carbocycles. The first-order chi connectivity index (χ1) is 20.5. The van der Waals surface area contributed by atoms with Crippen LogP contribution in [0.1, 0.15) is 69.6 Å². The number of hydrazone groups is 1. The molecule has 1 fully saturated rings. The molecule has 0 heterocycles. The summed E-state index contributed by atoms with van der Waals surface area (Å²) in [6, 6.07) is 17.1. The summed E-state index contributed by atoms with van der Waals surface area (Å²) in [5.74, 6) is 1.19. The Labute approximate surface area is 260 Å². The van der Waals surface area contributed by atoms with Gasteiger partial charge in [0.05, 0.1) is 18.2 Å². The van der Waals surface area contributed by atoms with Crippen LogP contribution in [0.3, 0.4) is 0 Å². The molecule has 9 nitrogen and oxygen atoms in total. The quantitative estimate of drug-likeness (QED) is 0.142. The lowest BCUT2D eigenvalue weighted by Gasteiger charge is -2.27. The van der Waals surface area contributed by atoms with Gasteiger partial charge in [0.25, 0.3) is 0 Å². The van der Waals surface area contributed by atoms with Gasteiger partial charge in [-0.3, -0.25) is 9.59 Å². The molecule has 10 heteroatoms. The highest BCUT2D eigenvalue weighted by Gasteiger charge is 2.26. The number of nitrogens with one attached hydrogen (secondary N) is 3. The van der Waals surface area contributed by atoms with E-state index in [1.807, 2.05) is 61.5 Å². The van der Waals surface area contributed by atoms with Gasteiger partial charge >= 0.3 is 12.0 Å². The summed E-state index contributed by atoms with van der Waals surface area (Å²) in [4.78, 5) is 37.6. The molecule has 0 aliphatic heterocycles. The molecule has 234 valence electrons. The predicted octanol–water partition coefficient (Wildman–Crippen LogP) is 5.07. The predicted molar refractivity (Wildman–Crippen MR) is 173 cm³/mol. The fourth-order valence-electron chi connectivity index (χ4n) is 4.82. The number of esters is 1. The molecule has 0 radical (unpaired) electrons. The summed E-state index contributed by atoms with van der Waals surface area (Å²) in [5, 5.41) is 10.3. The molecule has 1 saturated carbocycles. The van der Waals surface area contributed by atoms with Crippen LogP contribution in [0.25, 0.3) is 0 Å². The van der Waals surface area contributed by atoms with Crippen molar-refractivity contribution in [3.8, 4) is 0 Å². The maximum Gasteiger partial charge on any atom is 0.335 e. The number of rotatable bonds is 13. The second kappa shape index (κ2) is 17.1. The Hall–Kier alpha value is -3.37. The van der Waals surface area contributed by atoms with Gasteiger partial charge in [0.1, 0.15) is 5.60 Å². The topological polar surface area (TPSA) is 135 Å². The fourth-order valence-corrected chi connectivity index (χ4v) is 5.84. The first-order valence-electron chi connectivity index (χ1n) is 15.0. The summed E-state index contributed by atoms with van der Waals surface area (Å²) in [6.07, 6.45) is 3.30. The van der Waals surface area contributed by atoms with E-state index in [1.165, 1.54) is 5.56 Å². The van der Waals surface area contributed by atoms with Crippen molar-refractivity contribution in [3.63, 3.8) is 0 Å². The molecule has 3 rings (SSSR count). The molecule has 0 aromatic heterocycles. The molecule has 1 aliphatic rings. The largest absolute Gasteiger partial charge is 0.460 e. The van der Waals surface area contributed by atoms with Crippen LogP contribution in [0, 0.1) is 18.8 Å². The number of nitrogens with zero attached hydrogens (tertiary/aromatic N) is 1. The van der Waals surface area contributed by atoms with E-state index in [4.69, 9.17) is 10.5 Å². The summed E-state index contributed by atoms with van der Waals surface area (Å²) in [5.41, 5.74) is 12.3. The Morgan fingerprint density at radius 1 is 0.977 bits per heavy atom. The maximum absolute atomic E-state index is 12.7. The molecule has 1 atom stereocenters. The van der Waals surface area contributed by atoms with Crippen LogP contribution in [-0.4, -0.2) is 47.6 Å². The summed E-state index contributed by atoms with van der Waals surface area (Å²) in [6.45, 7) is 8.50. The molecule has 0 saturated heterocycles. The Morgan fingerprint density at radius 2 is 1.65 bits per heavy atom. The lowest BCUT2D eigenvalue weighted by atomic mass is 9.81. The number of hydrogen-bond acceptors (Lipinski definition) is 7. The van der Waals surface area contributed by atoms with E-state index < -0.39 is 23.6 Å². The van der Waals surface area contributed by atoms with E-state index in [9.17, 15) is 14.4 Å². The average Bonchev–Trinajstić information content (AvgIpc) is 2.97. The highest BCUT2D eigenvalue weighted by molar-refractivity contribution is 7.99. The van der Waals surface area contributed by atoms with Crippen LogP contribution in [0.5, 0.6) is 0 Å². The number of ether oxygens (including phenoxy) is 1. The number of carbonyl (C=O) groups is 3. The zero-order chi connectivity index (χ0) is 31.2. The third-order valence-corrected chi connectivity index (χ3v) is 8.29. The smallest absolute Gasteiger partial charge is 0.335 e. The van der Waals surface area contributed by atoms with Gasteiger partial charge in [0.15, 0.2) is 0 Å². The monoisotopic (exact) mass is 609 g/mol. The zero-order valence-electron chi connectivity index (χ0n) is 25.9. The number of aryl methyl sites for hydroxylation is 1. The second-order valence-corrected chi connectivity index (χ2v) is 13.2. The molecule has 5 N–H and O–H groups in total. The number of carbonyl (C=O) groups excluding carboxylic acids is 3. The van der Waals surface area contributed by atoms with Gasteiger partial charge in [0, 0.05) is 30.5 Å². The normalized spacial score (nSPS) is 17.9. The lowest BCUT2D eigenvalue weighted by molar-refractivity contribution is -0.154. The van der Waals surface area contributed by atoms with Gasteiger partial charge in [-0.2, -0.15) is 16.9 Å². The van der Waals surface area contributed by atoms with Crippen LogP contribution >= 0.6 is 11.8 Å². The van der Waals surface area contributed by atoms with E-state index >= 15 is 0 Å². The average molecular weight is 610 g/mol. The molecule has 43 heavy (non-hydrogen) atoms. The number of thioether (sulfide) groups is 1. The van der Waals surface area contributed by atoms with Crippen molar-refractivity contribution in [2.24, 2.45) is 22.7 Å². The minimum Gasteiger partial charge on any atom is -0.460 e. The SMILES string of the molecule is Cc1ccc(CNC(=O)C2CCC(CNC(=O)N/N=C(\CSCc3ccccc3)[C@@H](N)CC(=O)OC(C)(C)C)CC2)cc1. The van der Waals surface area contributed by atoms with Crippen molar-refractivity contribution in [2.75, 3.05) is 12.3 Å². The standard InChI is InChI=1S/C33H47N5O4S/c1-23-10-12-24(13-11-23)19-35-31(40)27-16-14-25(15-17-27)20-36-32(41)38-37-29(22-43-21-26-8-6-5-7-9-26)28(34)18-30(39)42-33(2,3)4/h5-13,25,27-28H,14-22,34H2,1-4H3,(H,35,40)(H2,36,38,41)/b37-29+/t25?,27?,28-/m0/s1. The minimum atomic E-state index is -0.689. The van der Waals surface area contributed by atoms with Crippen molar-refractivity contribution < 1.29 is 19.1 Å². The molecule has 2 aromatic rings. The van der Waals surface area contributed by atoms with E-state index in [2.05, 4.69) is 21.2 Å². The first-order valence-corrected chi connectivity index (χ1v) is 16.2. The number of urea groups is 1. The van der Waals surface area contributed by atoms with E-state index in [-0.39, 0.29) is 18.2 Å². The summed E-state index contributed by atoms with van der Waals surface area (Å²) >= 11 is 1.61. The third kappa shape index (κ3) is 13.2. The molecular weight excluding hydrogens is 562 g/mol. The van der Waals surface area contributed by atoms with Gasteiger partial charge in [-0.25, -0.2) is 10.2 Å². The Bertz CT molecular complexity index is 1210. The second-order valence-electron chi connectivity index (χ2n) is 12.2. The van der Waals surface area contributed by atoms with Gasteiger partial charge in [-0.05, 0) is 70.4 Å². The highest BCUT2D eigenvalue weighted by atomic mass is 32.2. The minimum absolute atomic E-state index is 0.00234. The van der Waals surface area contributed by atoms with Crippen LogP contribution in [-0.2, 0) is 26.6 Å². The third-order valence-electron chi connectivity index (χ3n) is 7.25. The Kier molecular flexibility index (Phi) is 13.5. The van der Waals surface area contributed by atoms with Gasteiger partial charge in [-0.15, -0.1) is 0 Å². The molecule has 1 aliphatic carbocycles. The van der Waals surface area contributed by atoms with Gasteiger partial charge < -0.3 is 21.1 Å². The van der Waals surface area contributed by atoms with E-state index in [0.29, 0.717) is 30.5 Å². The van der Waals surface area contributed by atoms with E-state index in [0.717, 1.165) is 42.6 Å². The van der Waals surface area contributed by atoms with Crippen LogP contribution in [0.4, 0.5) is 4.79 Å². The van der Waals surface area contributed by atoms with Crippen LogP contribution in [0.2, 0.25) is 0 Å². The van der Waals surface area contributed by atoms with Gasteiger partial charge in [-0.1, -0.05) is 60.2 Å². The molecular formula is C33H47N5O4S. The fraction of sp³-hybridized carbons (Fsp3) is 0.515. The van der Waals surface area contributed by atoms with Crippen molar-refractivity contribution >= 4 is 35.4 Å². The number of nitrogens with two attached hydrogens (primary N) is 1. The van der Waals surface area contributed by atoms with Crippen LogP contribution in [0.15, 0.2) is 59.7 Å². The molecule has 0 bridgehead atoms. The maximum atomic E-state index is 12.7. The van der Waals surface area contributed by atoms with Crippen molar-refractivity contribution in [3.05, 3.63) is 71.3 Å². The Morgan fingerprint density at radius 3 is 2.30 bits per heavy atom. The van der Waals surface area contributed by atoms with Gasteiger partial charge in [0.2, 0.25) is 5.91 Å².